The Bertz CT molecular complexity index is 1130. The summed E-state index contributed by atoms with van der Waals surface area (Å²) in [5.74, 6) is -0.916. The summed E-state index contributed by atoms with van der Waals surface area (Å²) < 4.78 is 5.50. The predicted octanol–water partition coefficient (Wildman–Crippen LogP) is 4.49. The van der Waals surface area contributed by atoms with Crippen LogP contribution in [0.15, 0.2) is 48.5 Å². The van der Waals surface area contributed by atoms with E-state index in [2.05, 4.69) is 10.6 Å². The summed E-state index contributed by atoms with van der Waals surface area (Å²) in [4.78, 5) is 39.1. The molecule has 2 aromatic rings. The van der Waals surface area contributed by atoms with Gasteiger partial charge in [0, 0.05) is 17.8 Å². The minimum Gasteiger partial charge on any atom is -0.480 e. The van der Waals surface area contributed by atoms with Crippen molar-refractivity contribution in [2.24, 2.45) is 0 Å². The normalized spacial score (nSPS) is 17.6. The molecule has 39 heavy (non-hydrogen) atoms. The van der Waals surface area contributed by atoms with Gasteiger partial charge in [-0.25, -0.2) is 9.59 Å². The third-order valence-electron chi connectivity index (χ3n) is 6.13. The number of likely N-dealkylation sites (tertiary alicyclic amines) is 1. The first-order valence-corrected chi connectivity index (χ1v) is 14.0. The maximum absolute atomic E-state index is 13.2. The standard InChI is InChI=1S/C28H37N3O6S.ClH/c1-28(2,3)37-27(36)31-17-21(32)15-20(31)16-29-19-10-11-22(23(14-19)18-8-6-5-7-9-18)25(33)30-24(26(34)35)12-13-38-4;/h5-11,14,20-21,24,29,32H,12-13,15-17H2,1-4H3,(H,30,33)(H,34,35);1H/t20-,21+,24-;/m0./s1. The van der Waals surface area contributed by atoms with Crippen molar-refractivity contribution in [1.82, 2.24) is 10.2 Å². The highest BCUT2D eigenvalue weighted by atomic mass is 35.5. The number of rotatable bonds is 10. The van der Waals surface area contributed by atoms with Crippen LogP contribution in [0.2, 0.25) is 0 Å². The first-order chi connectivity index (χ1) is 18.0. The Balaban J connectivity index is 0.00000533. The molecule has 4 N–H and O–H groups in total. The summed E-state index contributed by atoms with van der Waals surface area (Å²) in [6.07, 6.45) is 1.54. The van der Waals surface area contributed by atoms with Gasteiger partial charge in [0.1, 0.15) is 11.6 Å². The van der Waals surface area contributed by atoms with Crippen LogP contribution in [0.25, 0.3) is 11.1 Å². The SMILES string of the molecule is CSCC[C@H](NC(=O)c1ccc(NC[C@@H]2C[C@@H](O)CN2C(=O)OC(C)(C)C)cc1-c1ccccc1)C(=O)O.Cl. The molecule has 3 atom stereocenters. The number of carboxylic acid groups (broad SMARTS) is 1. The van der Waals surface area contributed by atoms with Gasteiger partial charge in [-0.3, -0.25) is 4.79 Å². The number of nitrogens with one attached hydrogen (secondary N) is 2. The number of hydrogen-bond acceptors (Lipinski definition) is 7. The van der Waals surface area contributed by atoms with E-state index in [1.807, 2.05) is 42.7 Å². The maximum Gasteiger partial charge on any atom is 0.410 e. The lowest BCUT2D eigenvalue weighted by Crippen LogP contribution is -2.42. The number of ether oxygens (including phenoxy) is 1. The Labute approximate surface area is 240 Å². The second-order valence-corrected chi connectivity index (χ2v) is 11.3. The summed E-state index contributed by atoms with van der Waals surface area (Å²) in [5.41, 5.74) is 1.91. The molecule has 0 aliphatic carbocycles. The molecule has 1 aliphatic heterocycles. The molecule has 0 unspecified atom stereocenters. The molecule has 11 heteroatoms. The second-order valence-electron chi connectivity index (χ2n) is 10.3. The van der Waals surface area contributed by atoms with Gasteiger partial charge in [0.25, 0.3) is 5.91 Å². The molecule has 0 radical (unpaired) electrons. The van der Waals surface area contributed by atoms with E-state index in [9.17, 15) is 24.6 Å². The van der Waals surface area contributed by atoms with E-state index >= 15 is 0 Å². The molecular formula is C28H38ClN3O6S. The number of anilines is 1. The monoisotopic (exact) mass is 579 g/mol. The zero-order valence-electron chi connectivity index (χ0n) is 22.7. The summed E-state index contributed by atoms with van der Waals surface area (Å²) in [7, 11) is 0. The fraction of sp³-hybridized carbons (Fsp3) is 0.464. The number of aliphatic hydroxyl groups is 1. The Hall–Kier alpha value is -2.95. The molecule has 0 aromatic heterocycles. The lowest BCUT2D eigenvalue weighted by Gasteiger charge is -2.28. The third-order valence-corrected chi connectivity index (χ3v) is 6.77. The summed E-state index contributed by atoms with van der Waals surface area (Å²) >= 11 is 1.52. The van der Waals surface area contributed by atoms with E-state index in [1.54, 1.807) is 37.8 Å². The molecule has 0 saturated carbocycles. The minimum absolute atomic E-state index is 0. The molecule has 9 nitrogen and oxygen atoms in total. The van der Waals surface area contributed by atoms with Crippen molar-refractivity contribution in [2.75, 3.05) is 30.4 Å². The van der Waals surface area contributed by atoms with Crippen LogP contribution in [0, 0.1) is 0 Å². The highest BCUT2D eigenvalue weighted by molar-refractivity contribution is 7.98. The van der Waals surface area contributed by atoms with Gasteiger partial charge < -0.3 is 30.5 Å². The number of carboxylic acids is 1. The Morgan fingerprint density at radius 1 is 1.15 bits per heavy atom. The van der Waals surface area contributed by atoms with Crippen molar-refractivity contribution in [3.63, 3.8) is 0 Å². The summed E-state index contributed by atoms with van der Waals surface area (Å²) in [6.45, 7) is 5.99. The van der Waals surface area contributed by atoms with Gasteiger partial charge in [-0.05, 0) is 74.9 Å². The van der Waals surface area contributed by atoms with Gasteiger partial charge in [0.15, 0.2) is 0 Å². The zero-order chi connectivity index (χ0) is 27.9. The predicted molar refractivity (Wildman–Crippen MR) is 157 cm³/mol. The fourth-order valence-electron chi connectivity index (χ4n) is 4.30. The number of thioether (sulfide) groups is 1. The first-order valence-electron chi connectivity index (χ1n) is 12.6. The Morgan fingerprint density at radius 2 is 1.85 bits per heavy atom. The lowest BCUT2D eigenvalue weighted by atomic mass is 9.98. The van der Waals surface area contributed by atoms with Crippen molar-refractivity contribution < 1.29 is 29.3 Å². The topological polar surface area (TPSA) is 128 Å². The quantitative estimate of drug-likeness (QED) is 0.324. The molecular weight excluding hydrogens is 542 g/mol. The summed E-state index contributed by atoms with van der Waals surface area (Å²) in [5, 5.41) is 25.7. The van der Waals surface area contributed by atoms with Gasteiger partial charge in [0.05, 0.1) is 18.7 Å². The number of nitrogens with zero attached hydrogens (tertiary/aromatic N) is 1. The van der Waals surface area contributed by atoms with Crippen LogP contribution in [-0.4, -0.2) is 82.0 Å². The Morgan fingerprint density at radius 3 is 2.46 bits per heavy atom. The molecule has 2 amide bonds. The number of carbonyl (C=O) groups excluding carboxylic acids is 2. The maximum atomic E-state index is 13.2. The number of hydrogen-bond donors (Lipinski definition) is 4. The number of amides is 2. The third kappa shape index (κ3) is 9.33. The number of carbonyl (C=O) groups is 3. The average molecular weight is 580 g/mol. The lowest BCUT2D eigenvalue weighted by molar-refractivity contribution is -0.139. The van der Waals surface area contributed by atoms with Gasteiger partial charge >= 0.3 is 12.1 Å². The minimum atomic E-state index is -1.07. The van der Waals surface area contributed by atoms with E-state index in [-0.39, 0.29) is 25.0 Å². The summed E-state index contributed by atoms with van der Waals surface area (Å²) in [6, 6.07) is 13.4. The molecule has 2 aromatic carbocycles. The Kier molecular flexibility index (Phi) is 11.9. The number of β-amino-alcohol motifs (C(OH)–C–C–N with tert-alkyl or cyclic N) is 1. The van der Waals surface area contributed by atoms with Gasteiger partial charge in [-0.1, -0.05) is 30.3 Å². The van der Waals surface area contributed by atoms with Crippen molar-refractivity contribution in [2.45, 2.75) is 57.4 Å². The van der Waals surface area contributed by atoms with E-state index in [1.165, 1.54) is 11.8 Å². The highest BCUT2D eigenvalue weighted by Crippen LogP contribution is 2.28. The average Bonchev–Trinajstić information content (AvgIpc) is 3.25. The molecule has 1 saturated heterocycles. The van der Waals surface area contributed by atoms with Gasteiger partial charge in [-0.2, -0.15) is 11.8 Å². The number of aliphatic hydroxyl groups excluding tert-OH is 1. The zero-order valence-corrected chi connectivity index (χ0v) is 24.3. The van der Waals surface area contributed by atoms with Crippen LogP contribution < -0.4 is 10.6 Å². The number of aliphatic carboxylic acids is 1. The largest absolute Gasteiger partial charge is 0.480 e. The van der Waals surface area contributed by atoms with E-state index in [4.69, 9.17) is 4.74 Å². The van der Waals surface area contributed by atoms with Crippen molar-refractivity contribution >= 4 is 47.8 Å². The van der Waals surface area contributed by atoms with E-state index < -0.39 is 35.7 Å². The molecule has 0 spiro atoms. The van der Waals surface area contributed by atoms with Crippen LogP contribution in [-0.2, 0) is 9.53 Å². The highest BCUT2D eigenvalue weighted by Gasteiger charge is 2.36. The fourth-order valence-corrected chi connectivity index (χ4v) is 4.77. The molecule has 214 valence electrons. The van der Waals surface area contributed by atoms with Crippen LogP contribution in [0.3, 0.4) is 0 Å². The molecule has 3 rings (SSSR count). The van der Waals surface area contributed by atoms with E-state index in [0.717, 1.165) is 11.3 Å². The number of benzene rings is 2. The smallest absolute Gasteiger partial charge is 0.410 e. The molecule has 0 bridgehead atoms. The van der Waals surface area contributed by atoms with Gasteiger partial charge in [0.2, 0.25) is 0 Å². The molecule has 1 aliphatic rings. The number of halogens is 1. The van der Waals surface area contributed by atoms with Crippen LogP contribution in [0.4, 0.5) is 10.5 Å². The van der Waals surface area contributed by atoms with Crippen molar-refractivity contribution in [1.29, 1.82) is 0 Å². The van der Waals surface area contributed by atoms with Gasteiger partial charge in [-0.15, -0.1) is 12.4 Å². The molecule has 1 heterocycles. The molecule has 1 fully saturated rings. The second kappa shape index (κ2) is 14.4. The van der Waals surface area contributed by atoms with Crippen LogP contribution in [0.5, 0.6) is 0 Å². The van der Waals surface area contributed by atoms with Crippen molar-refractivity contribution in [3.05, 3.63) is 54.1 Å². The van der Waals surface area contributed by atoms with Crippen LogP contribution in [0.1, 0.15) is 44.0 Å². The van der Waals surface area contributed by atoms with E-state index in [0.29, 0.717) is 36.3 Å². The first kappa shape index (κ1) is 32.3. The van der Waals surface area contributed by atoms with Crippen molar-refractivity contribution in [3.8, 4) is 11.1 Å². The van der Waals surface area contributed by atoms with Crippen LogP contribution >= 0.6 is 24.2 Å².